The fourth-order valence-electron chi connectivity index (χ4n) is 0.406. The summed E-state index contributed by atoms with van der Waals surface area (Å²) in [6.45, 7) is 34.7. The number of hydrogen-bond acceptors (Lipinski definition) is 0. The molecular weight excluding hydrogens is 392 g/mol. The Hall–Kier alpha value is -2.34. The van der Waals surface area contributed by atoms with Crippen molar-refractivity contribution < 1.29 is 49.4 Å². The van der Waals surface area contributed by atoms with Crippen molar-refractivity contribution in [2.24, 2.45) is 0 Å². The molecule has 25 heavy (non-hydrogen) atoms. The van der Waals surface area contributed by atoms with Crippen LogP contribution in [0.5, 0.6) is 0 Å². The second-order valence-corrected chi connectivity index (χ2v) is 8.22. The first kappa shape index (κ1) is 43.4. The SMILES string of the molecule is [C-]#[N+]/C(F)=C(/F)C#CC#C[Si](C)(C)C.[C-]#[O+].[C-]#[O+].[C-]#[O+].[C-]#[O+].[C-]#[O+].[Cr]. The Morgan fingerprint density at radius 2 is 1.12 bits per heavy atom. The topological polar surface area (TPSA) is 104 Å². The van der Waals surface area contributed by atoms with Gasteiger partial charge in [0.05, 0.1) is 6.57 Å². The number of halogens is 2. The molecule has 128 valence electrons. The summed E-state index contributed by atoms with van der Waals surface area (Å²) in [5, 5.41) is 0. The van der Waals surface area contributed by atoms with Crippen molar-refractivity contribution in [1.82, 2.24) is 0 Å². The van der Waals surface area contributed by atoms with E-state index >= 15 is 0 Å². The van der Waals surface area contributed by atoms with E-state index in [0.29, 0.717) is 0 Å². The summed E-state index contributed by atoms with van der Waals surface area (Å²) in [5.74, 6) is 3.56. The zero-order valence-electron chi connectivity index (χ0n) is 13.2. The Bertz CT molecular complexity index is 580. The fraction of sp³-hybridized carbons (Fsp3) is 0.200. The van der Waals surface area contributed by atoms with Crippen LogP contribution in [0.4, 0.5) is 8.78 Å². The second kappa shape index (κ2) is 43.0. The fourth-order valence-corrected chi connectivity index (χ4v) is 0.843. The summed E-state index contributed by atoms with van der Waals surface area (Å²) in [6, 6.07) is 0. The molecule has 0 saturated carbocycles. The van der Waals surface area contributed by atoms with Gasteiger partial charge in [-0.1, -0.05) is 19.6 Å². The van der Waals surface area contributed by atoms with Crippen LogP contribution in [0.1, 0.15) is 0 Å². The van der Waals surface area contributed by atoms with Gasteiger partial charge in [-0.3, -0.25) is 0 Å². The van der Waals surface area contributed by atoms with Crippen LogP contribution in [0.2, 0.25) is 19.6 Å². The van der Waals surface area contributed by atoms with Crippen molar-refractivity contribution in [3.63, 3.8) is 0 Å². The van der Waals surface area contributed by atoms with Crippen LogP contribution in [0, 0.1) is 63.1 Å². The maximum Gasteiger partial charge on any atom is 0 e. The summed E-state index contributed by atoms with van der Waals surface area (Å²) in [7, 11) is -1.52. The van der Waals surface area contributed by atoms with E-state index < -0.39 is 19.9 Å². The monoisotopic (exact) mass is 401 g/mol. The largest absolute Gasteiger partial charge is 0 e. The molecular formula is C15H9CrF2NO5Si. The van der Waals surface area contributed by atoms with Crippen LogP contribution in [-0.4, -0.2) is 8.07 Å². The molecule has 0 spiro atoms. The van der Waals surface area contributed by atoms with E-state index in [4.69, 9.17) is 29.8 Å². The summed E-state index contributed by atoms with van der Waals surface area (Å²) in [5.41, 5.74) is 2.86. The van der Waals surface area contributed by atoms with Crippen LogP contribution in [0.3, 0.4) is 0 Å². The van der Waals surface area contributed by atoms with E-state index in [1.54, 1.807) is 0 Å². The maximum atomic E-state index is 12.5. The predicted octanol–water partition coefficient (Wildman–Crippen LogP) is 2.71. The molecule has 0 radical (unpaired) electrons. The first-order valence-corrected chi connectivity index (χ1v) is 8.35. The molecule has 0 aromatic carbocycles. The maximum absolute atomic E-state index is 12.5. The standard InChI is InChI=1S/C10H9F2NSi.5CO.Cr/c1-13-10(12)9(11)7-5-6-8-14(2,3)4;5*1-2;/h2-4H3;;;;;;/b10-9+;;;;;;. The third-order valence-corrected chi connectivity index (χ3v) is 1.83. The average molecular weight is 401 g/mol. The average Bonchev–Trinajstić information content (AvgIpc) is 2.65. The summed E-state index contributed by atoms with van der Waals surface area (Å²) in [6.07, 6.45) is 0. The smallest absolute Gasteiger partial charge is 0 e. The third kappa shape index (κ3) is 61.6. The van der Waals surface area contributed by atoms with Gasteiger partial charge in [-0.25, -0.2) is 13.6 Å². The molecule has 0 aliphatic rings. The minimum atomic E-state index is -1.52. The van der Waals surface area contributed by atoms with Crippen LogP contribution >= 0.6 is 0 Å². The van der Waals surface area contributed by atoms with Crippen molar-refractivity contribution >= 4 is 8.07 Å². The minimum Gasteiger partial charge on any atom is 0 e. The minimum absolute atomic E-state index is 0. The summed E-state index contributed by atoms with van der Waals surface area (Å²) < 4.78 is 62.2. The normalized spacial score (nSPS) is 6.64. The molecule has 0 rings (SSSR count). The Labute approximate surface area is 157 Å². The second-order valence-electron chi connectivity index (χ2n) is 3.47. The first-order chi connectivity index (χ1) is 11.4. The van der Waals surface area contributed by atoms with Gasteiger partial charge in [0.1, 0.15) is 8.07 Å². The van der Waals surface area contributed by atoms with Crippen molar-refractivity contribution in [2.75, 3.05) is 0 Å². The summed E-state index contributed by atoms with van der Waals surface area (Å²) >= 11 is 0. The predicted molar refractivity (Wildman–Crippen MR) is 74.4 cm³/mol. The zero-order valence-corrected chi connectivity index (χ0v) is 15.4. The van der Waals surface area contributed by atoms with Gasteiger partial charge in [0.2, 0.25) is 5.83 Å². The quantitative estimate of drug-likeness (QED) is 0.196. The molecule has 0 aliphatic carbocycles. The molecule has 0 fully saturated rings. The molecule has 0 bridgehead atoms. The number of rotatable bonds is 0. The molecule has 0 aromatic heterocycles. The zero-order chi connectivity index (χ0) is 21.2. The van der Waals surface area contributed by atoms with Gasteiger partial charge < -0.3 is 0 Å². The number of allylic oxidation sites excluding steroid dienone is 1. The van der Waals surface area contributed by atoms with E-state index in [1.807, 2.05) is 25.6 Å². The van der Waals surface area contributed by atoms with Crippen molar-refractivity contribution in [1.29, 1.82) is 0 Å². The Kier molecular flexibility index (Phi) is 74.6. The van der Waals surface area contributed by atoms with Gasteiger partial charge in [0, 0.05) is 17.4 Å². The third-order valence-electron chi connectivity index (χ3n) is 0.952. The van der Waals surface area contributed by atoms with Crippen molar-refractivity contribution in [3.8, 4) is 23.3 Å². The van der Waals surface area contributed by atoms with Gasteiger partial charge in [0.25, 0.3) is 0 Å². The van der Waals surface area contributed by atoms with Gasteiger partial charge >= 0.3 is 62.5 Å². The van der Waals surface area contributed by atoms with Gasteiger partial charge in [-0.15, -0.1) is 5.54 Å². The van der Waals surface area contributed by atoms with Gasteiger partial charge in [-0.05, 0) is 17.8 Å². The molecule has 0 heterocycles. The van der Waals surface area contributed by atoms with Crippen LogP contribution in [-0.2, 0) is 40.6 Å². The van der Waals surface area contributed by atoms with E-state index in [2.05, 4.69) is 55.5 Å². The summed E-state index contributed by atoms with van der Waals surface area (Å²) in [4.78, 5) is 2.26. The van der Waals surface area contributed by atoms with E-state index in [9.17, 15) is 8.78 Å². The van der Waals surface area contributed by atoms with Gasteiger partial charge in [-0.2, -0.15) is 0 Å². The first-order valence-electron chi connectivity index (χ1n) is 4.85. The van der Waals surface area contributed by atoms with E-state index in [1.165, 1.54) is 0 Å². The van der Waals surface area contributed by atoms with Crippen LogP contribution < -0.4 is 0 Å². The molecule has 6 nitrogen and oxygen atoms in total. The molecule has 0 unspecified atom stereocenters. The van der Waals surface area contributed by atoms with Crippen molar-refractivity contribution in [2.45, 2.75) is 19.6 Å². The molecule has 0 atom stereocenters. The van der Waals surface area contributed by atoms with E-state index in [-0.39, 0.29) is 17.4 Å². The van der Waals surface area contributed by atoms with E-state index in [0.717, 1.165) is 0 Å². The Morgan fingerprint density at radius 3 is 1.36 bits per heavy atom. The van der Waals surface area contributed by atoms with Crippen molar-refractivity contribution in [3.05, 3.63) is 56.4 Å². The van der Waals surface area contributed by atoms with Crippen LogP contribution in [0.25, 0.3) is 4.85 Å². The molecule has 10 heteroatoms. The molecule has 0 aliphatic heterocycles. The molecule has 0 amide bonds. The molecule has 0 N–H and O–H groups in total. The Morgan fingerprint density at radius 1 is 0.800 bits per heavy atom. The Balaban J connectivity index is -0.0000000504. The molecule has 0 saturated heterocycles. The number of hydrogen-bond donors (Lipinski definition) is 0. The van der Waals surface area contributed by atoms with Gasteiger partial charge in [0.15, 0.2) is 0 Å². The number of nitrogens with zero attached hydrogens (tertiary/aromatic N) is 1. The molecule has 0 aromatic rings. The van der Waals surface area contributed by atoms with Crippen LogP contribution in [0.15, 0.2) is 11.8 Å².